The quantitative estimate of drug-likeness (QED) is 0.708. The number of carbonyl (C=O) groups excluding carboxylic acids is 1. The first-order valence-corrected chi connectivity index (χ1v) is 8.83. The van der Waals surface area contributed by atoms with Crippen LogP contribution in [0.1, 0.15) is 62.4 Å². The first-order valence-electron chi connectivity index (χ1n) is 8.83. The molecule has 0 spiro atoms. The van der Waals surface area contributed by atoms with E-state index >= 15 is 0 Å². The van der Waals surface area contributed by atoms with E-state index < -0.39 is 0 Å². The normalized spacial score (nSPS) is 13.0. The molecule has 1 unspecified atom stereocenters. The van der Waals surface area contributed by atoms with Crippen molar-refractivity contribution < 1.29 is 4.79 Å². The number of nitrogens with one attached hydrogen (secondary N) is 2. The van der Waals surface area contributed by atoms with Crippen molar-refractivity contribution in [1.82, 2.24) is 20.6 Å². The van der Waals surface area contributed by atoms with Gasteiger partial charge in [0.2, 0.25) is 0 Å². The maximum absolute atomic E-state index is 12.7. The Kier molecular flexibility index (Phi) is 7.97. The highest BCUT2D eigenvalue weighted by molar-refractivity contribution is 5.95. The zero-order chi connectivity index (χ0) is 19.0. The van der Waals surface area contributed by atoms with Gasteiger partial charge in [0, 0.05) is 6.20 Å². The van der Waals surface area contributed by atoms with Crippen molar-refractivity contribution in [2.45, 2.75) is 60.0 Å². The zero-order valence-electron chi connectivity index (χ0n) is 16.4. The van der Waals surface area contributed by atoms with E-state index in [1.165, 1.54) is 0 Å². The number of rotatable bonds is 8. The van der Waals surface area contributed by atoms with E-state index in [0.717, 1.165) is 18.4 Å². The molecule has 0 aliphatic heterocycles. The smallest absolute Gasteiger partial charge is 0.255 e. The van der Waals surface area contributed by atoms with E-state index in [0.29, 0.717) is 23.6 Å². The third kappa shape index (κ3) is 7.18. The van der Waals surface area contributed by atoms with Gasteiger partial charge in [-0.05, 0) is 25.8 Å². The van der Waals surface area contributed by atoms with Crippen LogP contribution >= 0.6 is 0 Å². The average molecular weight is 345 g/mol. The van der Waals surface area contributed by atoms with Gasteiger partial charge in [-0.2, -0.15) is 0 Å². The van der Waals surface area contributed by atoms with E-state index in [1.807, 2.05) is 20.0 Å². The molecule has 1 aromatic heterocycles. The minimum Gasteiger partial charge on any atom is -0.342 e. The van der Waals surface area contributed by atoms with Crippen molar-refractivity contribution in [2.75, 3.05) is 7.05 Å². The van der Waals surface area contributed by atoms with Crippen LogP contribution in [0, 0.1) is 12.3 Å². The number of aromatic nitrogens is 2. The Hall–Kier alpha value is -2.01. The maximum Gasteiger partial charge on any atom is 0.255 e. The molecule has 1 amide bonds. The summed E-state index contributed by atoms with van der Waals surface area (Å²) in [5.74, 6) is 0.505. The molecule has 1 aromatic rings. The molecule has 5 nitrogen and oxygen atoms in total. The third-order valence-electron chi connectivity index (χ3n) is 3.69. The van der Waals surface area contributed by atoms with Crippen molar-refractivity contribution in [2.24, 2.45) is 5.41 Å². The molecular weight excluding hydrogens is 312 g/mol. The van der Waals surface area contributed by atoms with Crippen LogP contribution < -0.4 is 10.6 Å². The zero-order valence-corrected chi connectivity index (χ0v) is 16.4. The van der Waals surface area contributed by atoms with Gasteiger partial charge in [-0.3, -0.25) is 4.79 Å². The highest BCUT2D eigenvalue weighted by Gasteiger charge is 2.18. The lowest BCUT2D eigenvalue weighted by Gasteiger charge is -2.20. The van der Waals surface area contributed by atoms with Gasteiger partial charge in [0.15, 0.2) is 0 Å². The first-order chi connectivity index (χ1) is 11.7. The monoisotopic (exact) mass is 344 g/mol. The second-order valence-corrected chi connectivity index (χ2v) is 7.40. The molecule has 0 radical (unpaired) electrons. The summed E-state index contributed by atoms with van der Waals surface area (Å²) in [5.41, 5.74) is 2.22. The van der Waals surface area contributed by atoms with Crippen LogP contribution in [0.25, 0.3) is 0 Å². The second kappa shape index (κ2) is 9.47. The van der Waals surface area contributed by atoms with E-state index in [4.69, 9.17) is 0 Å². The maximum atomic E-state index is 12.7. The second-order valence-electron chi connectivity index (χ2n) is 7.40. The summed E-state index contributed by atoms with van der Waals surface area (Å²) in [4.78, 5) is 21.3. The summed E-state index contributed by atoms with van der Waals surface area (Å²) in [7, 11) is 1.84. The summed E-state index contributed by atoms with van der Waals surface area (Å²) >= 11 is 0. The molecule has 25 heavy (non-hydrogen) atoms. The van der Waals surface area contributed by atoms with E-state index in [1.54, 1.807) is 6.20 Å². The Morgan fingerprint density at radius 2 is 2.08 bits per heavy atom. The van der Waals surface area contributed by atoms with Crippen LogP contribution in [0.5, 0.6) is 0 Å². The van der Waals surface area contributed by atoms with Gasteiger partial charge in [-0.1, -0.05) is 58.4 Å². The van der Waals surface area contributed by atoms with Gasteiger partial charge in [0.1, 0.15) is 5.82 Å². The molecule has 0 aromatic carbocycles. The molecule has 0 saturated heterocycles. The van der Waals surface area contributed by atoms with Gasteiger partial charge in [0.05, 0.1) is 23.8 Å². The van der Waals surface area contributed by atoms with Crippen LogP contribution in [0.4, 0.5) is 0 Å². The summed E-state index contributed by atoms with van der Waals surface area (Å²) < 4.78 is 0. The van der Waals surface area contributed by atoms with Crippen LogP contribution in [-0.4, -0.2) is 29.0 Å². The van der Waals surface area contributed by atoms with Crippen molar-refractivity contribution in [1.29, 1.82) is 0 Å². The number of aryl methyl sites for hydroxylation is 1. The molecule has 1 atom stereocenters. The lowest BCUT2D eigenvalue weighted by atomic mass is 9.93. The lowest BCUT2D eigenvalue weighted by Crippen LogP contribution is -2.35. The molecule has 0 fully saturated rings. The fourth-order valence-corrected chi connectivity index (χ4v) is 2.35. The molecular formula is C20H32N4O. The average Bonchev–Trinajstić information content (AvgIpc) is 2.51. The van der Waals surface area contributed by atoms with Crippen molar-refractivity contribution in [3.63, 3.8) is 0 Å². The van der Waals surface area contributed by atoms with Crippen LogP contribution in [-0.2, 0) is 6.54 Å². The number of carbonyl (C=O) groups is 1. The highest BCUT2D eigenvalue weighted by Crippen LogP contribution is 2.18. The van der Waals surface area contributed by atoms with Crippen LogP contribution in [0.3, 0.4) is 0 Å². The molecule has 0 aliphatic carbocycles. The Morgan fingerprint density at radius 3 is 2.60 bits per heavy atom. The Morgan fingerprint density at radius 1 is 1.40 bits per heavy atom. The van der Waals surface area contributed by atoms with Gasteiger partial charge < -0.3 is 10.6 Å². The topological polar surface area (TPSA) is 66.9 Å². The Labute approximate surface area is 152 Å². The highest BCUT2D eigenvalue weighted by atomic mass is 16.1. The predicted octanol–water partition coefficient (Wildman–Crippen LogP) is 3.56. The predicted molar refractivity (Wildman–Crippen MR) is 103 cm³/mol. The number of hydrogen-bond acceptors (Lipinski definition) is 4. The fourth-order valence-electron chi connectivity index (χ4n) is 2.35. The largest absolute Gasteiger partial charge is 0.342 e. The minimum absolute atomic E-state index is 0.0449. The third-order valence-corrected chi connectivity index (χ3v) is 3.69. The SMILES string of the molecule is C=C(CCC)C(/C=C/C(C)(C)C)NC(=O)c1cnc(CNC)nc1C. The van der Waals surface area contributed by atoms with E-state index in [2.05, 4.69) is 61.0 Å². The molecule has 138 valence electrons. The van der Waals surface area contributed by atoms with Gasteiger partial charge in [0.25, 0.3) is 5.91 Å². The summed E-state index contributed by atoms with van der Waals surface area (Å²) in [5, 5.41) is 6.07. The molecule has 2 N–H and O–H groups in total. The van der Waals surface area contributed by atoms with E-state index in [9.17, 15) is 4.79 Å². The number of amides is 1. The van der Waals surface area contributed by atoms with Gasteiger partial charge in [-0.15, -0.1) is 0 Å². The summed E-state index contributed by atoms with van der Waals surface area (Å²) in [6, 6.07) is -0.192. The van der Waals surface area contributed by atoms with Crippen LogP contribution in [0.2, 0.25) is 0 Å². The Bertz CT molecular complexity index is 629. The fraction of sp³-hybridized carbons (Fsp3) is 0.550. The summed E-state index contributed by atoms with van der Waals surface area (Å²) in [6.07, 6.45) is 7.60. The van der Waals surface area contributed by atoms with Gasteiger partial charge in [-0.25, -0.2) is 9.97 Å². The lowest BCUT2D eigenvalue weighted by molar-refractivity contribution is 0.0946. The van der Waals surface area contributed by atoms with Crippen molar-refractivity contribution in [3.8, 4) is 0 Å². The summed E-state index contributed by atoms with van der Waals surface area (Å²) in [6.45, 7) is 15.0. The molecule has 1 heterocycles. The number of allylic oxidation sites excluding steroid dienone is 1. The number of nitrogens with zero attached hydrogens (tertiary/aromatic N) is 2. The molecule has 0 bridgehead atoms. The van der Waals surface area contributed by atoms with Gasteiger partial charge >= 0.3 is 0 Å². The molecule has 5 heteroatoms. The van der Waals surface area contributed by atoms with Crippen molar-refractivity contribution in [3.05, 3.63) is 47.6 Å². The standard InChI is InChI=1S/C20H32N4O/c1-8-9-14(2)17(10-11-20(4,5)6)24-19(25)16-12-22-18(13-21-7)23-15(16)3/h10-12,17,21H,2,8-9,13H2,1,3-7H3,(H,24,25)/b11-10+. The van der Waals surface area contributed by atoms with Crippen LogP contribution in [0.15, 0.2) is 30.5 Å². The first kappa shape index (κ1) is 21.0. The van der Waals surface area contributed by atoms with Crippen molar-refractivity contribution >= 4 is 5.91 Å². The molecule has 0 aliphatic rings. The van der Waals surface area contributed by atoms with E-state index in [-0.39, 0.29) is 17.4 Å². The minimum atomic E-state index is -0.192. The molecule has 0 saturated carbocycles. The Balaban J connectivity index is 2.97. The molecule has 1 rings (SSSR count). The number of hydrogen-bond donors (Lipinski definition) is 2.